The average Bonchev–Trinajstić information content (AvgIpc) is 3.45. The van der Waals surface area contributed by atoms with E-state index in [1.54, 1.807) is 54.9 Å². The third-order valence-electron chi connectivity index (χ3n) is 4.82. The zero-order valence-electron chi connectivity index (χ0n) is 16.4. The maximum Gasteiger partial charge on any atom is 0.290 e. The molecule has 1 fully saturated rings. The fraction of sp³-hybridized carbons (Fsp3) is 0.227. The number of likely N-dealkylation sites (tertiary alicyclic amines) is 1. The molecule has 1 atom stereocenters. The van der Waals surface area contributed by atoms with Crippen LogP contribution in [0.5, 0.6) is 17.4 Å². The first-order valence-electron chi connectivity index (χ1n) is 9.58. The van der Waals surface area contributed by atoms with Crippen molar-refractivity contribution in [2.75, 3.05) is 19.0 Å². The second-order valence-electron chi connectivity index (χ2n) is 6.76. The highest BCUT2D eigenvalue weighted by Crippen LogP contribution is 2.30. The first-order valence-corrected chi connectivity index (χ1v) is 9.58. The highest BCUT2D eigenvalue weighted by molar-refractivity contribution is 6.01. The number of rotatable bonds is 6. The number of benzene rings is 1. The Morgan fingerprint density at radius 3 is 2.80 bits per heavy atom. The maximum atomic E-state index is 13.0. The van der Waals surface area contributed by atoms with Crippen LogP contribution in [0.4, 0.5) is 5.69 Å². The van der Waals surface area contributed by atoms with Gasteiger partial charge in [-0.25, -0.2) is 0 Å². The first-order chi connectivity index (χ1) is 14.7. The first kappa shape index (κ1) is 19.5. The highest BCUT2D eigenvalue weighted by atomic mass is 16.6. The molecule has 2 amide bonds. The van der Waals surface area contributed by atoms with Gasteiger partial charge in [0.1, 0.15) is 11.8 Å². The van der Waals surface area contributed by atoms with Gasteiger partial charge >= 0.3 is 0 Å². The number of nitrogens with one attached hydrogen (secondary N) is 1. The van der Waals surface area contributed by atoms with Crippen molar-refractivity contribution in [1.82, 2.24) is 9.88 Å². The summed E-state index contributed by atoms with van der Waals surface area (Å²) in [6.07, 6.45) is 4.55. The molecule has 1 aromatic carbocycles. The van der Waals surface area contributed by atoms with Crippen LogP contribution >= 0.6 is 0 Å². The van der Waals surface area contributed by atoms with Crippen LogP contribution in [-0.4, -0.2) is 41.4 Å². The summed E-state index contributed by atoms with van der Waals surface area (Å²) in [5, 5.41) is 2.89. The van der Waals surface area contributed by atoms with Crippen molar-refractivity contribution in [2.24, 2.45) is 0 Å². The molecule has 3 aromatic rings. The number of amides is 2. The SMILES string of the molecule is COc1ccc(C(=O)N2CCC[C@H]2C(=O)Nc2ccccc2Oc2cccnc2)o1. The standard InChI is InChI=1S/C22H21N3O5/c1-28-20-11-10-19(30-20)22(27)25-13-5-8-17(25)21(26)24-16-7-2-3-9-18(16)29-15-6-4-12-23-14-15/h2-4,6-7,9-12,14,17H,5,8,13H2,1H3,(H,24,26)/t17-/m0/s1. The lowest BCUT2D eigenvalue weighted by Gasteiger charge is -2.23. The number of methoxy groups -OCH3 is 1. The van der Waals surface area contributed by atoms with Crippen LogP contribution in [-0.2, 0) is 4.79 Å². The van der Waals surface area contributed by atoms with E-state index in [9.17, 15) is 9.59 Å². The van der Waals surface area contributed by atoms with Gasteiger partial charge in [-0.2, -0.15) is 0 Å². The van der Waals surface area contributed by atoms with Gasteiger partial charge in [-0.15, -0.1) is 0 Å². The Morgan fingerprint density at radius 2 is 2.03 bits per heavy atom. The van der Waals surface area contributed by atoms with Crippen LogP contribution in [0.15, 0.2) is 65.3 Å². The lowest BCUT2D eigenvalue weighted by atomic mass is 10.2. The summed E-state index contributed by atoms with van der Waals surface area (Å²) < 4.78 is 16.2. The topological polar surface area (TPSA) is 93.9 Å². The molecular weight excluding hydrogens is 386 g/mol. The number of pyridine rings is 1. The molecular formula is C22H21N3O5. The van der Waals surface area contributed by atoms with E-state index >= 15 is 0 Å². The van der Waals surface area contributed by atoms with Gasteiger partial charge in [0.15, 0.2) is 11.5 Å². The summed E-state index contributed by atoms with van der Waals surface area (Å²) in [7, 11) is 1.46. The smallest absolute Gasteiger partial charge is 0.290 e. The Labute approximate surface area is 173 Å². The molecule has 0 bridgehead atoms. The largest absolute Gasteiger partial charge is 0.468 e. The van der Waals surface area contributed by atoms with Gasteiger partial charge in [0.25, 0.3) is 11.9 Å². The third-order valence-corrected chi connectivity index (χ3v) is 4.82. The molecule has 1 aliphatic heterocycles. The van der Waals surface area contributed by atoms with E-state index in [0.29, 0.717) is 30.2 Å². The monoisotopic (exact) mass is 407 g/mol. The van der Waals surface area contributed by atoms with E-state index in [1.165, 1.54) is 12.0 Å². The normalized spacial score (nSPS) is 15.6. The molecule has 8 heteroatoms. The zero-order chi connectivity index (χ0) is 20.9. The lowest BCUT2D eigenvalue weighted by molar-refractivity contribution is -0.119. The van der Waals surface area contributed by atoms with Crippen LogP contribution in [0.1, 0.15) is 23.4 Å². The highest BCUT2D eigenvalue weighted by Gasteiger charge is 2.36. The van der Waals surface area contributed by atoms with Gasteiger partial charge in [-0.3, -0.25) is 14.6 Å². The summed E-state index contributed by atoms with van der Waals surface area (Å²) in [5.41, 5.74) is 0.519. The van der Waals surface area contributed by atoms with Crippen molar-refractivity contribution < 1.29 is 23.5 Å². The van der Waals surface area contributed by atoms with Crippen molar-refractivity contribution >= 4 is 17.5 Å². The summed E-state index contributed by atoms with van der Waals surface area (Å²) in [4.78, 5) is 31.4. The Bertz CT molecular complexity index is 1030. The van der Waals surface area contributed by atoms with Gasteiger partial charge in [-0.1, -0.05) is 12.1 Å². The third kappa shape index (κ3) is 4.12. The van der Waals surface area contributed by atoms with Gasteiger partial charge in [0.2, 0.25) is 5.91 Å². The van der Waals surface area contributed by atoms with E-state index in [2.05, 4.69) is 10.3 Å². The van der Waals surface area contributed by atoms with E-state index in [4.69, 9.17) is 13.9 Å². The Hall–Kier alpha value is -3.81. The predicted octanol–water partition coefficient (Wildman–Crippen LogP) is 3.72. The second kappa shape index (κ2) is 8.69. The minimum absolute atomic E-state index is 0.145. The lowest BCUT2D eigenvalue weighted by Crippen LogP contribution is -2.43. The number of para-hydroxylation sites is 2. The summed E-state index contributed by atoms with van der Waals surface area (Å²) in [6.45, 7) is 0.480. The minimum atomic E-state index is -0.597. The fourth-order valence-electron chi connectivity index (χ4n) is 3.38. The van der Waals surface area contributed by atoms with E-state index in [-0.39, 0.29) is 23.5 Å². The molecule has 0 spiro atoms. The second-order valence-corrected chi connectivity index (χ2v) is 6.76. The van der Waals surface area contributed by atoms with E-state index in [0.717, 1.165) is 6.42 Å². The van der Waals surface area contributed by atoms with Crippen LogP contribution in [0.25, 0.3) is 0 Å². The molecule has 0 radical (unpaired) electrons. The molecule has 8 nitrogen and oxygen atoms in total. The fourth-order valence-corrected chi connectivity index (χ4v) is 3.38. The molecule has 1 saturated heterocycles. The molecule has 3 heterocycles. The van der Waals surface area contributed by atoms with Gasteiger partial charge < -0.3 is 24.1 Å². The Balaban J connectivity index is 1.49. The number of furan rings is 1. The van der Waals surface area contributed by atoms with Crippen molar-refractivity contribution in [3.05, 3.63) is 66.7 Å². The average molecular weight is 407 g/mol. The van der Waals surface area contributed by atoms with E-state index in [1.807, 2.05) is 6.07 Å². The van der Waals surface area contributed by atoms with Crippen LogP contribution in [0, 0.1) is 0 Å². The minimum Gasteiger partial charge on any atom is -0.468 e. The predicted molar refractivity (Wildman–Crippen MR) is 109 cm³/mol. The number of hydrogen-bond acceptors (Lipinski definition) is 6. The van der Waals surface area contributed by atoms with Crippen molar-refractivity contribution in [1.29, 1.82) is 0 Å². The van der Waals surface area contributed by atoms with Crippen LogP contribution < -0.4 is 14.8 Å². The molecule has 1 N–H and O–H groups in total. The van der Waals surface area contributed by atoms with Crippen molar-refractivity contribution in [3.63, 3.8) is 0 Å². The van der Waals surface area contributed by atoms with Gasteiger partial charge in [-0.05, 0) is 43.2 Å². The quantitative estimate of drug-likeness (QED) is 0.669. The number of hydrogen-bond donors (Lipinski definition) is 1. The number of anilines is 1. The molecule has 154 valence electrons. The maximum absolute atomic E-state index is 13.0. The molecule has 4 rings (SSSR count). The summed E-state index contributed by atoms with van der Waals surface area (Å²) >= 11 is 0. The molecule has 1 aliphatic rings. The number of carbonyl (C=O) groups is 2. The molecule has 2 aromatic heterocycles. The van der Waals surface area contributed by atoms with Crippen LogP contribution in [0.3, 0.4) is 0 Å². The van der Waals surface area contributed by atoms with Gasteiger partial charge in [0.05, 0.1) is 19.0 Å². The van der Waals surface area contributed by atoms with Crippen molar-refractivity contribution in [3.8, 4) is 17.4 Å². The molecule has 0 saturated carbocycles. The zero-order valence-corrected chi connectivity index (χ0v) is 16.4. The molecule has 0 unspecified atom stereocenters. The summed E-state index contributed by atoms with van der Waals surface area (Å²) in [6, 6.07) is 13.2. The van der Waals surface area contributed by atoms with E-state index < -0.39 is 6.04 Å². The van der Waals surface area contributed by atoms with Crippen molar-refractivity contribution in [2.45, 2.75) is 18.9 Å². The Kier molecular flexibility index (Phi) is 5.65. The molecule has 0 aliphatic carbocycles. The number of nitrogens with zero attached hydrogens (tertiary/aromatic N) is 2. The van der Waals surface area contributed by atoms with Gasteiger partial charge in [0, 0.05) is 18.8 Å². The molecule has 30 heavy (non-hydrogen) atoms. The van der Waals surface area contributed by atoms with Crippen LogP contribution in [0.2, 0.25) is 0 Å². The number of carbonyl (C=O) groups excluding carboxylic acids is 2. The number of ether oxygens (including phenoxy) is 2. The number of aromatic nitrogens is 1. The Morgan fingerprint density at radius 1 is 1.17 bits per heavy atom. The summed E-state index contributed by atoms with van der Waals surface area (Å²) in [5.74, 6) is 0.832.